The molecule has 1 amide bonds. The molecule has 0 aromatic heterocycles. The molecular formula is C19H19N3O3. The predicted molar refractivity (Wildman–Crippen MR) is 95.4 cm³/mol. The molecule has 0 N–H and O–H groups in total. The Kier molecular flexibility index (Phi) is 3.87. The van der Waals surface area contributed by atoms with E-state index in [9.17, 15) is 14.9 Å². The van der Waals surface area contributed by atoms with Gasteiger partial charge in [0.2, 0.25) is 0 Å². The number of nitro groups is 1. The first-order chi connectivity index (χ1) is 12.1. The minimum absolute atomic E-state index is 0.0123. The number of nitrogens with zero attached hydrogens (tertiary/aromatic N) is 3. The van der Waals surface area contributed by atoms with Gasteiger partial charge in [0.25, 0.3) is 11.6 Å². The zero-order valence-corrected chi connectivity index (χ0v) is 13.9. The second-order valence-corrected chi connectivity index (χ2v) is 6.49. The highest BCUT2D eigenvalue weighted by Gasteiger charge is 2.28. The van der Waals surface area contributed by atoms with Gasteiger partial charge in [-0.2, -0.15) is 0 Å². The minimum atomic E-state index is -0.392. The molecule has 6 nitrogen and oxygen atoms in total. The lowest BCUT2D eigenvalue weighted by Gasteiger charge is -2.20. The summed E-state index contributed by atoms with van der Waals surface area (Å²) in [5.74, 6) is -0.117. The molecule has 4 rings (SSSR count). The molecule has 0 bridgehead atoms. The molecule has 25 heavy (non-hydrogen) atoms. The standard InChI is InChI=1S/C19H19N3O3/c23-19(20-10-3-4-11-20)15-7-8-17(18(13-15)22(24)25)21-12-9-14-5-1-2-6-16(14)21/h1-2,5-8,13H,3-4,9-12H2. The SMILES string of the molecule is O=C(c1ccc(N2CCc3ccccc32)c([N+](=O)[O-])c1)N1CCCC1. The van der Waals surface area contributed by atoms with Crippen molar-refractivity contribution in [2.75, 3.05) is 24.5 Å². The number of likely N-dealkylation sites (tertiary alicyclic amines) is 1. The summed E-state index contributed by atoms with van der Waals surface area (Å²) in [6.07, 6.45) is 2.86. The fourth-order valence-corrected chi connectivity index (χ4v) is 3.72. The third kappa shape index (κ3) is 2.73. The van der Waals surface area contributed by atoms with Crippen molar-refractivity contribution < 1.29 is 9.72 Å². The lowest BCUT2D eigenvalue weighted by Crippen LogP contribution is -2.27. The van der Waals surface area contributed by atoms with Crippen molar-refractivity contribution >= 4 is 23.0 Å². The van der Waals surface area contributed by atoms with Crippen LogP contribution in [0.3, 0.4) is 0 Å². The lowest BCUT2D eigenvalue weighted by atomic mass is 10.1. The van der Waals surface area contributed by atoms with E-state index in [2.05, 4.69) is 0 Å². The number of anilines is 2. The molecular weight excluding hydrogens is 318 g/mol. The van der Waals surface area contributed by atoms with Crippen LogP contribution in [0.1, 0.15) is 28.8 Å². The largest absolute Gasteiger partial charge is 0.339 e. The Bertz CT molecular complexity index is 844. The van der Waals surface area contributed by atoms with Gasteiger partial charge in [0.15, 0.2) is 0 Å². The zero-order chi connectivity index (χ0) is 17.4. The fourth-order valence-electron chi connectivity index (χ4n) is 3.72. The fraction of sp³-hybridized carbons (Fsp3) is 0.316. The number of carbonyl (C=O) groups excluding carboxylic acids is 1. The summed E-state index contributed by atoms with van der Waals surface area (Å²) < 4.78 is 0. The second-order valence-electron chi connectivity index (χ2n) is 6.49. The van der Waals surface area contributed by atoms with Gasteiger partial charge in [-0.3, -0.25) is 14.9 Å². The molecule has 2 aromatic rings. The van der Waals surface area contributed by atoms with Crippen molar-refractivity contribution in [2.45, 2.75) is 19.3 Å². The first-order valence-corrected chi connectivity index (χ1v) is 8.58. The number of rotatable bonds is 3. The Hall–Kier alpha value is -2.89. The molecule has 0 unspecified atom stereocenters. The van der Waals surface area contributed by atoms with Crippen LogP contribution in [-0.4, -0.2) is 35.4 Å². The van der Waals surface area contributed by atoms with E-state index >= 15 is 0 Å². The van der Waals surface area contributed by atoms with Gasteiger partial charge >= 0.3 is 0 Å². The van der Waals surface area contributed by atoms with Crippen molar-refractivity contribution in [3.05, 3.63) is 63.7 Å². The highest BCUT2D eigenvalue weighted by Crippen LogP contribution is 2.39. The number of benzene rings is 2. The van der Waals surface area contributed by atoms with Crippen LogP contribution in [-0.2, 0) is 6.42 Å². The molecule has 0 atom stereocenters. The Labute approximate surface area is 145 Å². The molecule has 128 valence electrons. The Morgan fingerprint density at radius 1 is 1.00 bits per heavy atom. The van der Waals surface area contributed by atoms with Crippen molar-refractivity contribution in [1.29, 1.82) is 0 Å². The van der Waals surface area contributed by atoms with Crippen molar-refractivity contribution in [2.24, 2.45) is 0 Å². The van der Waals surface area contributed by atoms with Crippen molar-refractivity contribution in [1.82, 2.24) is 4.90 Å². The van der Waals surface area contributed by atoms with Crippen LogP contribution < -0.4 is 4.90 Å². The van der Waals surface area contributed by atoms with Gasteiger partial charge in [-0.15, -0.1) is 0 Å². The topological polar surface area (TPSA) is 66.7 Å². The van der Waals surface area contributed by atoms with E-state index in [1.807, 2.05) is 29.2 Å². The van der Waals surface area contributed by atoms with Crippen LogP contribution in [0.2, 0.25) is 0 Å². The third-order valence-electron chi connectivity index (χ3n) is 4.99. The Morgan fingerprint density at radius 3 is 2.52 bits per heavy atom. The third-order valence-corrected chi connectivity index (χ3v) is 4.99. The molecule has 1 saturated heterocycles. The van der Waals surface area contributed by atoms with E-state index in [1.54, 1.807) is 17.0 Å². The van der Waals surface area contributed by atoms with Crippen LogP contribution in [0.5, 0.6) is 0 Å². The van der Waals surface area contributed by atoms with E-state index in [0.717, 1.165) is 38.0 Å². The smallest absolute Gasteiger partial charge is 0.293 e. The van der Waals surface area contributed by atoms with Gasteiger partial charge in [0.1, 0.15) is 5.69 Å². The number of amides is 1. The summed E-state index contributed by atoms with van der Waals surface area (Å²) in [5, 5.41) is 11.6. The first kappa shape index (κ1) is 15.6. The maximum absolute atomic E-state index is 12.5. The van der Waals surface area contributed by atoms with Crippen LogP contribution >= 0.6 is 0 Å². The number of para-hydroxylation sites is 1. The quantitative estimate of drug-likeness (QED) is 0.635. The van der Waals surface area contributed by atoms with Gasteiger partial charge in [0.05, 0.1) is 4.92 Å². The lowest BCUT2D eigenvalue weighted by molar-refractivity contribution is -0.384. The summed E-state index contributed by atoms with van der Waals surface area (Å²) in [5.41, 5.74) is 3.12. The average Bonchev–Trinajstić information content (AvgIpc) is 3.30. The minimum Gasteiger partial charge on any atom is -0.339 e. The van der Waals surface area contributed by atoms with Crippen LogP contribution in [0.25, 0.3) is 0 Å². The molecule has 0 aliphatic carbocycles. The molecule has 0 radical (unpaired) electrons. The zero-order valence-electron chi connectivity index (χ0n) is 13.9. The number of fused-ring (bicyclic) bond motifs is 1. The number of hydrogen-bond donors (Lipinski definition) is 0. The van der Waals surface area contributed by atoms with Crippen LogP contribution in [0.4, 0.5) is 17.1 Å². The first-order valence-electron chi connectivity index (χ1n) is 8.58. The highest BCUT2D eigenvalue weighted by molar-refractivity contribution is 5.96. The Morgan fingerprint density at radius 2 is 1.76 bits per heavy atom. The average molecular weight is 337 g/mol. The summed E-state index contributed by atoms with van der Waals surface area (Å²) in [4.78, 5) is 27.5. The second kappa shape index (κ2) is 6.20. The normalized spacial score (nSPS) is 16.2. The molecule has 2 aromatic carbocycles. The van der Waals surface area contributed by atoms with Gasteiger partial charge in [-0.05, 0) is 43.0 Å². The van der Waals surface area contributed by atoms with Gasteiger partial charge in [-0.1, -0.05) is 18.2 Å². The summed E-state index contributed by atoms with van der Waals surface area (Å²) in [7, 11) is 0. The van der Waals surface area contributed by atoms with E-state index in [1.165, 1.54) is 11.6 Å². The summed E-state index contributed by atoms with van der Waals surface area (Å²) in [6.45, 7) is 2.17. The highest BCUT2D eigenvalue weighted by atomic mass is 16.6. The molecule has 0 saturated carbocycles. The molecule has 2 heterocycles. The van der Waals surface area contributed by atoms with Gasteiger partial charge < -0.3 is 9.80 Å². The molecule has 1 fully saturated rings. The van der Waals surface area contributed by atoms with Crippen LogP contribution in [0.15, 0.2) is 42.5 Å². The molecule has 2 aliphatic rings. The maximum Gasteiger partial charge on any atom is 0.293 e. The molecule has 2 aliphatic heterocycles. The van der Waals surface area contributed by atoms with E-state index in [0.29, 0.717) is 17.8 Å². The molecule has 0 spiro atoms. The van der Waals surface area contributed by atoms with Crippen molar-refractivity contribution in [3.8, 4) is 0 Å². The summed E-state index contributed by atoms with van der Waals surface area (Å²) >= 11 is 0. The Balaban J connectivity index is 1.72. The van der Waals surface area contributed by atoms with E-state index in [4.69, 9.17) is 0 Å². The number of hydrogen-bond acceptors (Lipinski definition) is 4. The monoisotopic (exact) mass is 337 g/mol. The van der Waals surface area contributed by atoms with Crippen LogP contribution in [0, 0.1) is 10.1 Å². The van der Waals surface area contributed by atoms with Crippen molar-refractivity contribution in [3.63, 3.8) is 0 Å². The maximum atomic E-state index is 12.5. The summed E-state index contributed by atoms with van der Waals surface area (Å²) in [6, 6.07) is 12.8. The molecule has 6 heteroatoms. The predicted octanol–water partition coefficient (Wildman–Crippen LogP) is 3.53. The van der Waals surface area contributed by atoms with E-state index in [-0.39, 0.29) is 11.6 Å². The van der Waals surface area contributed by atoms with E-state index < -0.39 is 4.92 Å². The van der Waals surface area contributed by atoms with Gasteiger partial charge in [0, 0.05) is 37.0 Å². The number of carbonyl (C=O) groups is 1. The number of nitro benzene ring substituents is 1. The van der Waals surface area contributed by atoms with Gasteiger partial charge in [-0.25, -0.2) is 0 Å².